The highest BCUT2D eigenvalue weighted by Gasteiger charge is 2.31. The summed E-state index contributed by atoms with van der Waals surface area (Å²) in [6, 6.07) is 15.6. The van der Waals surface area contributed by atoms with Gasteiger partial charge in [-0.2, -0.15) is 26.7 Å². The van der Waals surface area contributed by atoms with Crippen molar-refractivity contribution in [2.24, 2.45) is 5.10 Å². The van der Waals surface area contributed by atoms with Crippen molar-refractivity contribution in [1.29, 1.82) is 0 Å². The van der Waals surface area contributed by atoms with Gasteiger partial charge in [0, 0.05) is 10.0 Å². The average molecular weight is 527 g/mol. The summed E-state index contributed by atoms with van der Waals surface area (Å²) in [5.74, 6) is -0.615. The summed E-state index contributed by atoms with van der Waals surface area (Å²) in [7, 11) is -4.41. The van der Waals surface area contributed by atoms with Crippen LogP contribution >= 0.6 is 15.9 Å². The number of amides is 1. The Kier molecular flexibility index (Phi) is 6.99. The Labute approximate surface area is 190 Å². The number of rotatable bonds is 6. The van der Waals surface area contributed by atoms with Crippen LogP contribution in [0.4, 0.5) is 13.2 Å². The lowest BCUT2D eigenvalue weighted by Crippen LogP contribution is -2.18. The minimum atomic E-state index is -4.59. The van der Waals surface area contributed by atoms with Gasteiger partial charge in [0.2, 0.25) is 0 Å². The molecule has 0 saturated carbocycles. The van der Waals surface area contributed by atoms with E-state index in [0.717, 1.165) is 12.1 Å². The normalized spacial score (nSPS) is 12.0. The number of alkyl halides is 3. The molecule has 0 fully saturated rings. The van der Waals surface area contributed by atoms with Crippen molar-refractivity contribution < 1.29 is 30.6 Å². The maximum atomic E-state index is 12.7. The Balaban J connectivity index is 1.77. The molecule has 0 bridgehead atoms. The summed E-state index contributed by atoms with van der Waals surface area (Å²) in [5, 5.41) is 3.82. The van der Waals surface area contributed by atoms with Gasteiger partial charge in [0.1, 0.15) is 4.90 Å². The summed E-state index contributed by atoms with van der Waals surface area (Å²) in [5.41, 5.74) is 1.90. The molecular weight excluding hydrogens is 513 g/mol. The zero-order valence-electron chi connectivity index (χ0n) is 16.0. The first-order chi connectivity index (χ1) is 15.1. The van der Waals surface area contributed by atoms with Crippen LogP contribution in [0.2, 0.25) is 0 Å². The molecule has 3 aromatic carbocycles. The number of nitrogens with one attached hydrogen (secondary N) is 1. The number of carbonyl (C=O) groups is 1. The van der Waals surface area contributed by atoms with Crippen molar-refractivity contribution in [3.05, 3.63) is 94.0 Å². The monoisotopic (exact) mass is 526 g/mol. The second kappa shape index (κ2) is 9.53. The number of hydrogen-bond acceptors (Lipinski definition) is 5. The second-order valence-electron chi connectivity index (χ2n) is 6.28. The van der Waals surface area contributed by atoms with Crippen molar-refractivity contribution in [1.82, 2.24) is 5.43 Å². The minimum Gasteiger partial charge on any atom is -0.378 e. The molecule has 0 aliphatic rings. The van der Waals surface area contributed by atoms with Crippen molar-refractivity contribution in [2.45, 2.75) is 11.1 Å². The molecule has 166 valence electrons. The standard InChI is InChI=1S/C21H14BrF3N2O4S/c22-18-7-3-2-6-17(18)20(28)27-26-13-14-5-1-4-8-19(14)31-32(29,30)16-11-9-15(10-12-16)21(23,24)25/h1-13H,(H,27,28)/b26-13+. The highest BCUT2D eigenvalue weighted by Crippen LogP contribution is 2.30. The van der Waals surface area contributed by atoms with Gasteiger partial charge in [0.15, 0.2) is 5.75 Å². The molecular formula is C21H14BrF3N2O4S. The summed E-state index contributed by atoms with van der Waals surface area (Å²) in [6.45, 7) is 0. The van der Waals surface area contributed by atoms with Crippen LogP contribution in [-0.2, 0) is 16.3 Å². The van der Waals surface area contributed by atoms with Gasteiger partial charge >= 0.3 is 16.3 Å². The number of hydrazone groups is 1. The Hall–Kier alpha value is -3.18. The van der Waals surface area contributed by atoms with E-state index in [4.69, 9.17) is 4.18 Å². The Morgan fingerprint density at radius 2 is 1.59 bits per heavy atom. The largest absolute Gasteiger partial charge is 0.416 e. The fraction of sp³-hybridized carbons (Fsp3) is 0.0476. The van der Waals surface area contributed by atoms with E-state index in [0.29, 0.717) is 22.2 Å². The molecule has 1 amide bonds. The van der Waals surface area contributed by atoms with E-state index < -0.39 is 32.7 Å². The molecule has 3 aromatic rings. The number of hydrogen-bond donors (Lipinski definition) is 1. The molecule has 32 heavy (non-hydrogen) atoms. The van der Waals surface area contributed by atoms with E-state index in [1.165, 1.54) is 24.4 Å². The van der Waals surface area contributed by atoms with Crippen molar-refractivity contribution >= 4 is 38.2 Å². The SMILES string of the molecule is O=C(N/N=C/c1ccccc1OS(=O)(=O)c1ccc(C(F)(F)F)cc1)c1ccccc1Br. The van der Waals surface area contributed by atoms with Crippen molar-refractivity contribution in [2.75, 3.05) is 0 Å². The average Bonchev–Trinajstić information content (AvgIpc) is 2.74. The molecule has 0 aliphatic carbocycles. The predicted molar refractivity (Wildman–Crippen MR) is 115 cm³/mol. The van der Waals surface area contributed by atoms with Crippen LogP contribution in [-0.4, -0.2) is 20.5 Å². The number of halogens is 4. The third-order valence-electron chi connectivity index (χ3n) is 4.08. The fourth-order valence-corrected chi connectivity index (χ4v) is 3.92. The molecule has 0 unspecified atom stereocenters. The van der Waals surface area contributed by atoms with Crippen LogP contribution < -0.4 is 9.61 Å². The van der Waals surface area contributed by atoms with E-state index in [-0.39, 0.29) is 11.3 Å². The zero-order chi connectivity index (χ0) is 23.4. The first-order valence-corrected chi connectivity index (χ1v) is 11.1. The lowest BCUT2D eigenvalue weighted by Gasteiger charge is -2.11. The predicted octanol–water partition coefficient (Wildman–Crippen LogP) is 5.00. The molecule has 0 radical (unpaired) electrons. The van der Waals surface area contributed by atoms with Crippen LogP contribution in [0.5, 0.6) is 5.75 Å². The minimum absolute atomic E-state index is 0.119. The second-order valence-corrected chi connectivity index (χ2v) is 8.68. The van der Waals surface area contributed by atoms with Crippen LogP contribution in [0.1, 0.15) is 21.5 Å². The molecule has 0 saturated heterocycles. The van der Waals surface area contributed by atoms with Gasteiger partial charge in [-0.3, -0.25) is 4.79 Å². The topological polar surface area (TPSA) is 84.8 Å². The van der Waals surface area contributed by atoms with E-state index >= 15 is 0 Å². The Morgan fingerprint density at radius 3 is 2.25 bits per heavy atom. The van der Waals surface area contributed by atoms with Gasteiger partial charge < -0.3 is 4.18 Å². The van der Waals surface area contributed by atoms with E-state index in [1.807, 2.05) is 0 Å². The summed E-state index contributed by atoms with van der Waals surface area (Å²) >= 11 is 3.25. The van der Waals surface area contributed by atoms with Gasteiger partial charge in [-0.25, -0.2) is 5.43 Å². The quantitative estimate of drug-likeness (QED) is 0.278. The van der Waals surface area contributed by atoms with Gasteiger partial charge in [0.25, 0.3) is 5.91 Å². The van der Waals surface area contributed by atoms with Crippen LogP contribution in [0.3, 0.4) is 0 Å². The zero-order valence-corrected chi connectivity index (χ0v) is 18.4. The van der Waals surface area contributed by atoms with Crippen LogP contribution in [0.25, 0.3) is 0 Å². The first-order valence-electron chi connectivity index (χ1n) is 8.86. The van der Waals surface area contributed by atoms with Crippen LogP contribution in [0, 0.1) is 0 Å². The summed E-state index contributed by atoms with van der Waals surface area (Å²) in [6.07, 6.45) is -3.40. The number of benzene rings is 3. The Bertz CT molecular complexity index is 1260. The molecule has 0 heterocycles. The lowest BCUT2D eigenvalue weighted by atomic mass is 10.2. The Morgan fingerprint density at radius 1 is 0.969 bits per heavy atom. The fourth-order valence-electron chi connectivity index (χ4n) is 2.51. The smallest absolute Gasteiger partial charge is 0.378 e. The molecule has 0 atom stereocenters. The van der Waals surface area contributed by atoms with Gasteiger partial charge in [-0.15, -0.1) is 0 Å². The number of nitrogens with zero attached hydrogens (tertiary/aromatic N) is 1. The van der Waals surface area contributed by atoms with Gasteiger partial charge in [-0.1, -0.05) is 24.3 Å². The van der Waals surface area contributed by atoms with E-state index in [2.05, 4.69) is 26.5 Å². The lowest BCUT2D eigenvalue weighted by molar-refractivity contribution is -0.137. The highest BCUT2D eigenvalue weighted by molar-refractivity contribution is 9.10. The molecule has 0 aliphatic heterocycles. The molecule has 0 spiro atoms. The highest BCUT2D eigenvalue weighted by atomic mass is 79.9. The maximum absolute atomic E-state index is 12.7. The van der Waals surface area contributed by atoms with Crippen LogP contribution in [0.15, 0.2) is 87.3 Å². The number of carbonyl (C=O) groups excluding carboxylic acids is 1. The van der Waals surface area contributed by atoms with Crippen molar-refractivity contribution in [3.8, 4) is 5.75 Å². The third kappa shape index (κ3) is 5.74. The molecule has 1 N–H and O–H groups in total. The van der Waals surface area contributed by atoms with E-state index in [1.54, 1.807) is 30.3 Å². The molecule has 6 nitrogen and oxygen atoms in total. The molecule has 3 rings (SSSR count). The van der Waals surface area contributed by atoms with Gasteiger partial charge in [0.05, 0.1) is 17.3 Å². The maximum Gasteiger partial charge on any atom is 0.416 e. The van der Waals surface area contributed by atoms with E-state index in [9.17, 15) is 26.4 Å². The number of para-hydroxylation sites is 1. The third-order valence-corrected chi connectivity index (χ3v) is 6.02. The molecule has 11 heteroatoms. The first kappa shape index (κ1) is 23.5. The summed E-state index contributed by atoms with van der Waals surface area (Å²) < 4.78 is 68.7. The van der Waals surface area contributed by atoms with Gasteiger partial charge in [-0.05, 0) is 64.5 Å². The molecule has 0 aromatic heterocycles. The van der Waals surface area contributed by atoms with Crippen molar-refractivity contribution in [3.63, 3.8) is 0 Å². The summed E-state index contributed by atoms with van der Waals surface area (Å²) in [4.78, 5) is 11.7.